The van der Waals surface area contributed by atoms with Crippen molar-refractivity contribution in [3.8, 4) is 0 Å². The topological polar surface area (TPSA) is 174 Å². The number of hydroxylamine groups is 3. The fourth-order valence-electron chi connectivity index (χ4n) is 1.93. The SMILES string of the molecule is O=C(CCOC1=C(S(=O)(=O)c2ccccc2)N([O-])ON1)NCCS(=O)(=O)O. The molecule has 0 aliphatic carbocycles. The van der Waals surface area contributed by atoms with Crippen LogP contribution < -0.4 is 10.8 Å². The first kappa shape index (κ1) is 20.9. The van der Waals surface area contributed by atoms with Crippen LogP contribution in [0.1, 0.15) is 6.42 Å². The van der Waals surface area contributed by atoms with Gasteiger partial charge in [0.15, 0.2) is 0 Å². The molecule has 1 aliphatic rings. The average Bonchev–Trinajstić information content (AvgIpc) is 2.96. The highest BCUT2D eigenvalue weighted by Crippen LogP contribution is 2.27. The van der Waals surface area contributed by atoms with Crippen molar-refractivity contribution in [3.05, 3.63) is 46.5 Å². The molecule has 0 bridgehead atoms. The lowest BCUT2D eigenvalue weighted by atomic mass is 10.4. The summed E-state index contributed by atoms with van der Waals surface area (Å²) >= 11 is 0. The molecule has 0 atom stereocenters. The molecule has 0 saturated carbocycles. The van der Waals surface area contributed by atoms with Crippen molar-refractivity contribution >= 4 is 25.9 Å². The van der Waals surface area contributed by atoms with E-state index in [4.69, 9.17) is 9.29 Å². The maximum absolute atomic E-state index is 12.5. The fraction of sp³-hybridized carbons (Fsp3) is 0.308. The monoisotopic (exact) mass is 422 g/mol. The van der Waals surface area contributed by atoms with Gasteiger partial charge in [0.2, 0.25) is 20.8 Å². The molecule has 12 nitrogen and oxygen atoms in total. The summed E-state index contributed by atoms with van der Waals surface area (Å²) < 4.78 is 59.8. The molecule has 2 rings (SSSR count). The second-order valence-electron chi connectivity index (χ2n) is 5.14. The van der Waals surface area contributed by atoms with E-state index in [-0.39, 0.29) is 29.7 Å². The zero-order chi connectivity index (χ0) is 20.1. The van der Waals surface area contributed by atoms with E-state index in [9.17, 15) is 26.8 Å². The Morgan fingerprint density at radius 3 is 2.56 bits per heavy atom. The van der Waals surface area contributed by atoms with Crippen molar-refractivity contribution in [2.24, 2.45) is 0 Å². The van der Waals surface area contributed by atoms with Gasteiger partial charge in [-0.15, -0.1) is 0 Å². The largest absolute Gasteiger partial charge is 0.731 e. The van der Waals surface area contributed by atoms with Crippen molar-refractivity contribution in [2.75, 3.05) is 18.9 Å². The quantitative estimate of drug-likeness (QED) is 0.427. The molecule has 1 heterocycles. The highest BCUT2D eigenvalue weighted by molar-refractivity contribution is 7.95. The lowest BCUT2D eigenvalue weighted by molar-refractivity contribution is -0.124. The molecule has 1 amide bonds. The van der Waals surface area contributed by atoms with Crippen LogP contribution >= 0.6 is 0 Å². The van der Waals surface area contributed by atoms with E-state index < -0.39 is 42.5 Å². The fourth-order valence-corrected chi connectivity index (χ4v) is 3.60. The van der Waals surface area contributed by atoms with Crippen LogP contribution in [-0.4, -0.2) is 51.4 Å². The minimum Gasteiger partial charge on any atom is -0.731 e. The molecular weight excluding hydrogens is 406 g/mol. The summed E-state index contributed by atoms with van der Waals surface area (Å²) in [5, 5.41) is 12.9. The van der Waals surface area contributed by atoms with E-state index >= 15 is 0 Å². The maximum atomic E-state index is 12.5. The smallest absolute Gasteiger partial charge is 0.266 e. The molecule has 1 aliphatic heterocycles. The molecule has 0 radical (unpaired) electrons. The van der Waals surface area contributed by atoms with E-state index in [1.807, 2.05) is 5.48 Å². The summed E-state index contributed by atoms with van der Waals surface area (Å²) in [6, 6.07) is 7.12. The normalized spacial score (nSPS) is 14.8. The Bertz CT molecular complexity index is 914. The zero-order valence-electron chi connectivity index (χ0n) is 13.7. The minimum atomic E-state index is -4.23. The van der Waals surface area contributed by atoms with Crippen LogP contribution in [0.2, 0.25) is 0 Å². The van der Waals surface area contributed by atoms with E-state index in [1.54, 1.807) is 6.07 Å². The number of ether oxygens (including phenoxy) is 1. The van der Waals surface area contributed by atoms with E-state index in [0.717, 1.165) is 0 Å². The van der Waals surface area contributed by atoms with Crippen LogP contribution in [0.4, 0.5) is 0 Å². The molecule has 0 unspecified atom stereocenters. The van der Waals surface area contributed by atoms with Crippen molar-refractivity contribution in [2.45, 2.75) is 11.3 Å². The Morgan fingerprint density at radius 1 is 1.26 bits per heavy atom. The van der Waals surface area contributed by atoms with Crippen LogP contribution in [0, 0.1) is 5.21 Å². The second kappa shape index (κ2) is 8.53. The summed E-state index contributed by atoms with van der Waals surface area (Å²) in [4.78, 5) is 15.8. The van der Waals surface area contributed by atoms with Gasteiger partial charge in [0.1, 0.15) is 0 Å². The van der Waals surface area contributed by atoms with E-state index in [0.29, 0.717) is 0 Å². The van der Waals surface area contributed by atoms with Gasteiger partial charge in [-0.1, -0.05) is 18.2 Å². The van der Waals surface area contributed by atoms with Gasteiger partial charge in [-0.25, -0.2) is 13.9 Å². The summed E-state index contributed by atoms with van der Waals surface area (Å²) in [5.74, 6) is -1.74. The number of hydrogen-bond donors (Lipinski definition) is 3. The number of nitrogens with zero attached hydrogens (tertiary/aromatic N) is 1. The van der Waals surface area contributed by atoms with Gasteiger partial charge in [-0.05, 0) is 12.1 Å². The van der Waals surface area contributed by atoms with Crippen molar-refractivity contribution < 1.29 is 35.9 Å². The minimum absolute atomic E-state index is 0.155. The van der Waals surface area contributed by atoms with Gasteiger partial charge in [-0.3, -0.25) is 14.6 Å². The third-order valence-corrected chi connectivity index (χ3v) is 5.60. The van der Waals surface area contributed by atoms with Crippen LogP contribution in [0.15, 0.2) is 46.1 Å². The van der Waals surface area contributed by atoms with Crippen LogP contribution in [0.5, 0.6) is 0 Å². The molecule has 150 valence electrons. The number of benzene rings is 1. The predicted octanol–water partition coefficient (Wildman–Crippen LogP) is -0.753. The molecule has 0 aromatic heterocycles. The number of amides is 1. The lowest BCUT2D eigenvalue weighted by Gasteiger charge is -2.22. The summed E-state index contributed by atoms with van der Waals surface area (Å²) in [6.45, 7) is -0.630. The molecule has 1 aromatic rings. The summed E-state index contributed by atoms with van der Waals surface area (Å²) in [6.07, 6.45) is -0.270. The van der Waals surface area contributed by atoms with Gasteiger partial charge in [0.25, 0.3) is 16.0 Å². The molecule has 3 N–H and O–H groups in total. The number of carbonyl (C=O) groups is 1. The average molecular weight is 422 g/mol. The predicted molar refractivity (Wildman–Crippen MR) is 90.1 cm³/mol. The standard InChI is InChI=1S/C13H16N3O9S2/c17-11(14-7-9-26(19,20)21)6-8-24-12-13(16(18)25-15-12)27(22,23)10-4-2-1-3-5-10/h1-5,15H,6-9H2,(H,14,17)(H,19,20,21)/q-1. The molecule has 14 heteroatoms. The molecule has 1 aromatic carbocycles. The second-order valence-corrected chi connectivity index (χ2v) is 8.57. The van der Waals surface area contributed by atoms with Crippen molar-refractivity contribution in [1.29, 1.82) is 0 Å². The van der Waals surface area contributed by atoms with E-state index in [1.165, 1.54) is 24.3 Å². The van der Waals surface area contributed by atoms with Crippen LogP contribution in [-0.2, 0) is 34.4 Å². The summed E-state index contributed by atoms with van der Waals surface area (Å²) in [5.41, 5.74) is 2.02. The van der Waals surface area contributed by atoms with Gasteiger partial charge in [0.05, 0.1) is 23.7 Å². The number of nitrogens with one attached hydrogen (secondary N) is 2. The number of carbonyl (C=O) groups excluding carboxylic acids is 1. The first-order valence-corrected chi connectivity index (χ1v) is 10.5. The van der Waals surface area contributed by atoms with Gasteiger partial charge in [0, 0.05) is 6.54 Å². The first-order valence-electron chi connectivity index (χ1n) is 7.40. The van der Waals surface area contributed by atoms with Gasteiger partial charge in [-0.2, -0.15) is 13.4 Å². The van der Waals surface area contributed by atoms with Crippen molar-refractivity contribution in [1.82, 2.24) is 16.0 Å². The molecule has 0 saturated heterocycles. The maximum Gasteiger partial charge on any atom is 0.266 e. The Hall–Kier alpha value is -2.39. The molecule has 0 fully saturated rings. The van der Waals surface area contributed by atoms with Gasteiger partial charge < -0.3 is 15.3 Å². The zero-order valence-corrected chi connectivity index (χ0v) is 15.3. The van der Waals surface area contributed by atoms with Crippen LogP contribution in [0.25, 0.3) is 0 Å². The first-order chi connectivity index (χ1) is 12.6. The Kier molecular flexibility index (Phi) is 6.61. The summed E-state index contributed by atoms with van der Waals surface area (Å²) in [7, 11) is -8.43. The number of sulfone groups is 1. The molecule has 27 heavy (non-hydrogen) atoms. The number of rotatable bonds is 9. The lowest BCUT2D eigenvalue weighted by Crippen LogP contribution is -2.29. The third-order valence-electron chi connectivity index (χ3n) is 3.15. The Balaban J connectivity index is 1.99. The highest BCUT2D eigenvalue weighted by atomic mass is 32.2. The van der Waals surface area contributed by atoms with E-state index in [2.05, 4.69) is 10.3 Å². The van der Waals surface area contributed by atoms with Crippen LogP contribution in [0.3, 0.4) is 0 Å². The number of hydrogen-bond acceptors (Lipinski definition) is 10. The third kappa shape index (κ3) is 5.80. The van der Waals surface area contributed by atoms with Crippen molar-refractivity contribution in [3.63, 3.8) is 0 Å². The Labute approximate surface area is 154 Å². The van der Waals surface area contributed by atoms with Gasteiger partial charge >= 0.3 is 0 Å². The molecule has 0 spiro atoms. The molecular formula is C13H16N3O9S2-. The highest BCUT2D eigenvalue weighted by Gasteiger charge is 2.33. The Morgan fingerprint density at radius 2 is 1.93 bits per heavy atom.